The first kappa shape index (κ1) is 19.1. The van der Waals surface area contributed by atoms with Crippen molar-refractivity contribution in [2.24, 2.45) is 0 Å². The summed E-state index contributed by atoms with van der Waals surface area (Å²) in [5.41, 5.74) is 9.49. The quantitative estimate of drug-likeness (QED) is 0.617. The number of nitrogens with zero attached hydrogens (tertiary/aromatic N) is 5. The first-order valence-electron chi connectivity index (χ1n) is 9.70. The second kappa shape index (κ2) is 8.33. The molecule has 0 saturated carbocycles. The maximum atomic E-state index is 11.9. The van der Waals surface area contributed by atoms with Gasteiger partial charge in [-0.05, 0) is 31.9 Å². The number of rotatable bonds is 8. The molecule has 3 rings (SSSR count). The minimum atomic E-state index is 0.217. The van der Waals surface area contributed by atoms with E-state index in [2.05, 4.69) is 21.5 Å². The van der Waals surface area contributed by atoms with Gasteiger partial charge in [-0.25, -0.2) is 9.97 Å². The molecule has 0 aliphatic rings. The molecule has 0 aromatic carbocycles. The number of hydrogen-bond donors (Lipinski definition) is 1. The van der Waals surface area contributed by atoms with Crippen LogP contribution in [-0.4, -0.2) is 43.9 Å². The molecule has 7 nitrogen and oxygen atoms in total. The highest BCUT2D eigenvalue weighted by Crippen LogP contribution is 2.28. The van der Waals surface area contributed by atoms with Gasteiger partial charge in [-0.3, -0.25) is 9.78 Å². The number of nitrogen functional groups attached to an aromatic ring is 1. The molecular formula is C20H28N6O. The number of nitrogens with two attached hydrogens (primary N) is 1. The van der Waals surface area contributed by atoms with E-state index in [0.717, 1.165) is 66.7 Å². The average Bonchev–Trinajstić information content (AvgIpc) is 3.06. The van der Waals surface area contributed by atoms with Gasteiger partial charge >= 0.3 is 0 Å². The molecule has 0 aliphatic heterocycles. The molecule has 144 valence electrons. The van der Waals surface area contributed by atoms with E-state index in [9.17, 15) is 4.79 Å². The summed E-state index contributed by atoms with van der Waals surface area (Å²) in [5, 5.41) is 0. The van der Waals surface area contributed by atoms with Crippen LogP contribution in [0.4, 0.5) is 5.82 Å². The van der Waals surface area contributed by atoms with Gasteiger partial charge in [0.15, 0.2) is 5.82 Å². The van der Waals surface area contributed by atoms with Crippen molar-refractivity contribution in [2.75, 3.05) is 19.3 Å². The Kier molecular flexibility index (Phi) is 5.88. The lowest BCUT2D eigenvalue weighted by atomic mass is 10.1. The summed E-state index contributed by atoms with van der Waals surface area (Å²) < 4.78 is 2.22. The number of aryl methyl sites for hydroxylation is 2. The number of anilines is 1. The minimum absolute atomic E-state index is 0.217. The fraction of sp³-hybridized carbons (Fsp3) is 0.500. The molecule has 3 aromatic heterocycles. The zero-order chi connectivity index (χ0) is 19.4. The predicted octanol–water partition coefficient (Wildman–Crippen LogP) is 3.16. The highest BCUT2D eigenvalue weighted by molar-refractivity contribution is 6.04. The molecule has 0 radical (unpaired) electrons. The van der Waals surface area contributed by atoms with Crippen molar-refractivity contribution in [1.82, 2.24) is 24.4 Å². The Morgan fingerprint density at radius 1 is 1.19 bits per heavy atom. The van der Waals surface area contributed by atoms with Crippen molar-refractivity contribution in [1.29, 1.82) is 0 Å². The summed E-state index contributed by atoms with van der Waals surface area (Å²) in [5.74, 6) is 1.67. The van der Waals surface area contributed by atoms with Crippen LogP contribution in [0.2, 0.25) is 0 Å². The molecule has 2 N–H and O–H groups in total. The van der Waals surface area contributed by atoms with Gasteiger partial charge in [0.05, 0.1) is 5.52 Å². The number of amides is 1. The summed E-state index contributed by atoms with van der Waals surface area (Å²) in [6.07, 6.45) is 6.09. The zero-order valence-corrected chi connectivity index (χ0v) is 16.4. The third-order valence-corrected chi connectivity index (χ3v) is 5.03. The molecule has 0 unspecified atom stereocenters. The highest BCUT2D eigenvalue weighted by Gasteiger charge is 2.17. The van der Waals surface area contributed by atoms with Crippen molar-refractivity contribution in [3.63, 3.8) is 0 Å². The van der Waals surface area contributed by atoms with E-state index in [1.54, 1.807) is 11.1 Å². The maximum absolute atomic E-state index is 11.9. The lowest BCUT2D eigenvalue weighted by Crippen LogP contribution is -2.25. The summed E-state index contributed by atoms with van der Waals surface area (Å²) in [6, 6.07) is 3.79. The Morgan fingerprint density at radius 2 is 2.00 bits per heavy atom. The van der Waals surface area contributed by atoms with Crippen LogP contribution in [0.3, 0.4) is 0 Å². The molecule has 0 aliphatic carbocycles. The molecule has 0 saturated heterocycles. The van der Waals surface area contributed by atoms with Crippen LogP contribution < -0.4 is 5.73 Å². The average molecular weight is 368 g/mol. The fourth-order valence-corrected chi connectivity index (χ4v) is 3.37. The van der Waals surface area contributed by atoms with E-state index in [1.165, 1.54) is 0 Å². The molecule has 0 bridgehead atoms. The van der Waals surface area contributed by atoms with Gasteiger partial charge in [-0.15, -0.1) is 0 Å². The number of hydrogen-bond acceptors (Lipinski definition) is 5. The highest BCUT2D eigenvalue weighted by atomic mass is 16.2. The first-order chi connectivity index (χ1) is 13.1. The topological polar surface area (TPSA) is 89.9 Å². The van der Waals surface area contributed by atoms with Crippen LogP contribution in [0.15, 0.2) is 18.3 Å². The molecule has 27 heavy (non-hydrogen) atoms. The Labute approximate surface area is 159 Å². The monoisotopic (exact) mass is 368 g/mol. The largest absolute Gasteiger partial charge is 0.382 e. The smallest absolute Gasteiger partial charge is 0.222 e. The Balaban J connectivity index is 1.79. The predicted molar refractivity (Wildman–Crippen MR) is 108 cm³/mol. The fourth-order valence-electron chi connectivity index (χ4n) is 3.37. The van der Waals surface area contributed by atoms with Crippen molar-refractivity contribution in [3.8, 4) is 0 Å². The molecule has 0 fully saturated rings. The van der Waals surface area contributed by atoms with Crippen LogP contribution >= 0.6 is 0 Å². The van der Waals surface area contributed by atoms with Crippen molar-refractivity contribution in [2.45, 2.75) is 52.5 Å². The van der Waals surface area contributed by atoms with Crippen LogP contribution in [0.5, 0.6) is 0 Å². The number of carbonyl (C=O) groups excluding carboxylic acids is 1. The molecular weight excluding hydrogens is 340 g/mol. The molecule has 0 spiro atoms. The molecule has 3 aromatic rings. The summed E-state index contributed by atoms with van der Waals surface area (Å²) in [4.78, 5) is 27.4. The van der Waals surface area contributed by atoms with E-state index >= 15 is 0 Å². The third-order valence-electron chi connectivity index (χ3n) is 5.03. The van der Waals surface area contributed by atoms with E-state index in [1.807, 2.05) is 26.1 Å². The number of imidazole rings is 1. The Bertz CT molecular complexity index is 948. The van der Waals surface area contributed by atoms with Crippen molar-refractivity contribution in [3.05, 3.63) is 24.2 Å². The van der Waals surface area contributed by atoms with E-state index in [0.29, 0.717) is 12.2 Å². The number of fused-ring (bicyclic) bond motifs is 3. The van der Waals surface area contributed by atoms with Crippen LogP contribution in [-0.2, 0) is 17.8 Å². The summed E-state index contributed by atoms with van der Waals surface area (Å²) in [6.45, 7) is 5.69. The zero-order valence-electron chi connectivity index (χ0n) is 16.4. The van der Waals surface area contributed by atoms with Gasteiger partial charge in [0.2, 0.25) is 5.91 Å². The van der Waals surface area contributed by atoms with E-state index in [4.69, 9.17) is 10.7 Å². The molecule has 1 amide bonds. The Morgan fingerprint density at radius 3 is 2.74 bits per heavy atom. The van der Waals surface area contributed by atoms with E-state index < -0.39 is 0 Å². The number of pyridine rings is 2. The summed E-state index contributed by atoms with van der Waals surface area (Å²) in [7, 11) is 1.85. The standard InChI is InChI=1S/C20H28N6O/c1-4-15-24-18-19(17-14(23-20(18)21)10-9-12-22-17)26(15)13-8-6-7-11-16(27)25(3)5-2/h9-10,12H,4-8,11,13H2,1-3H3,(H2,21,23). The lowest BCUT2D eigenvalue weighted by Gasteiger charge is -2.14. The van der Waals surface area contributed by atoms with Gasteiger partial charge in [-0.1, -0.05) is 13.3 Å². The number of carbonyl (C=O) groups is 1. The molecule has 3 heterocycles. The normalized spacial score (nSPS) is 11.4. The minimum Gasteiger partial charge on any atom is -0.382 e. The second-order valence-electron chi connectivity index (χ2n) is 6.82. The first-order valence-corrected chi connectivity index (χ1v) is 9.70. The van der Waals surface area contributed by atoms with Crippen molar-refractivity contribution >= 4 is 33.8 Å². The van der Waals surface area contributed by atoms with Gasteiger partial charge in [-0.2, -0.15) is 0 Å². The van der Waals surface area contributed by atoms with Gasteiger partial charge in [0.25, 0.3) is 0 Å². The van der Waals surface area contributed by atoms with Gasteiger partial charge in [0, 0.05) is 39.2 Å². The maximum Gasteiger partial charge on any atom is 0.222 e. The SMILES string of the molecule is CCc1nc2c(N)nc3cccnc3c2n1CCCCCC(=O)N(C)CC. The molecule has 0 atom stereocenters. The molecule has 7 heteroatoms. The lowest BCUT2D eigenvalue weighted by molar-refractivity contribution is -0.129. The summed E-state index contributed by atoms with van der Waals surface area (Å²) >= 11 is 0. The number of unbranched alkanes of at least 4 members (excludes halogenated alkanes) is 2. The second-order valence-corrected chi connectivity index (χ2v) is 6.82. The van der Waals surface area contributed by atoms with E-state index in [-0.39, 0.29) is 5.91 Å². The van der Waals surface area contributed by atoms with Gasteiger partial charge in [0.1, 0.15) is 22.4 Å². The number of aromatic nitrogens is 4. The van der Waals surface area contributed by atoms with Crippen LogP contribution in [0.25, 0.3) is 22.1 Å². The van der Waals surface area contributed by atoms with Crippen LogP contribution in [0, 0.1) is 0 Å². The Hall–Kier alpha value is -2.70. The third kappa shape index (κ3) is 3.86. The van der Waals surface area contributed by atoms with Gasteiger partial charge < -0.3 is 15.2 Å². The van der Waals surface area contributed by atoms with Crippen molar-refractivity contribution < 1.29 is 4.79 Å². The van der Waals surface area contributed by atoms with Crippen LogP contribution in [0.1, 0.15) is 45.4 Å².